The zero-order valence-electron chi connectivity index (χ0n) is 10.7. The topological polar surface area (TPSA) is 152 Å². The Kier molecular flexibility index (Phi) is 4.11. The number of benzene rings is 1. The number of aliphatic hydroxyl groups is 1. The number of imidazole rings is 1. The summed E-state index contributed by atoms with van der Waals surface area (Å²) in [6, 6.07) is 4.03. The molecule has 1 aromatic carbocycles. The van der Waals surface area contributed by atoms with Crippen molar-refractivity contribution in [3.8, 4) is 0 Å². The molecule has 1 aromatic heterocycles. The van der Waals surface area contributed by atoms with Gasteiger partial charge in [-0.05, 0) is 24.6 Å². The Labute approximate surface area is 118 Å². The Hall–Kier alpha value is -2.17. The van der Waals surface area contributed by atoms with E-state index in [1.165, 1.54) is 18.2 Å². The minimum atomic E-state index is -3.85. The van der Waals surface area contributed by atoms with Gasteiger partial charge in [0.15, 0.2) is 6.10 Å². The summed E-state index contributed by atoms with van der Waals surface area (Å²) < 4.78 is 26.2. The summed E-state index contributed by atoms with van der Waals surface area (Å²) in [7, 11) is -3.85. The lowest BCUT2D eigenvalue weighted by Gasteiger charge is -2.08. The van der Waals surface area contributed by atoms with Crippen molar-refractivity contribution < 1.29 is 23.4 Å². The highest BCUT2D eigenvalue weighted by atomic mass is 32.2. The number of aromatic nitrogens is 2. The molecule has 0 saturated carbocycles. The highest BCUT2D eigenvalue weighted by molar-refractivity contribution is 7.89. The Balaban J connectivity index is 2.13. The third-order valence-electron chi connectivity index (χ3n) is 2.79. The molecule has 114 valence electrons. The maximum Gasteiger partial charge on any atom is 0.332 e. The first kappa shape index (κ1) is 15.2. The molecule has 0 aliphatic rings. The molecule has 0 aliphatic heterocycles. The van der Waals surface area contributed by atoms with Crippen LogP contribution in [0, 0.1) is 0 Å². The first-order valence-electron chi connectivity index (χ1n) is 5.92. The fourth-order valence-corrected chi connectivity index (χ4v) is 2.79. The zero-order chi connectivity index (χ0) is 15.6. The van der Waals surface area contributed by atoms with E-state index in [1.54, 1.807) is 0 Å². The van der Waals surface area contributed by atoms with Crippen LogP contribution in [0.25, 0.3) is 11.0 Å². The Morgan fingerprint density at radius 2 is 1.95 bits per heavy atom. The van der Waals surface area contributed by atoms with Gasteiger partial charge in [0.05, 0.1) is 15.9 Å². The third kappa shape index (κ3) is 3.48. The van der Waals surface area contributed by atoms with Crippen molar-refractivity contribution >= 4 is 27.0 Å². The second kappa shape index (κ2) is 5.68. The molecule has 21 heavy (non-hydrogen) atoms. The van der Waals surface area contributed by atoms with E-state index >= 15 is 0 Å². The van der Waals surface area contributed by atoms with E-state index < -0.39 is 27.8 Å². The molecule has 0 amide bonds. The number of hydrogen-bond acceptors (Lipinski definition) is 5. The van der Waals surface area contributed by atoms with E-state index in [2.05, 4.69) is 14.7 Å². The molecule has 2 aromatic rings. The average Bonchev–Trinajstić information content (AvgIpc) is 2.77. The summed E-state index contributed by atoms with van der Waals surface area (Å²) in [5, 5.41) is 17.5. The number of carboxylic acids is 1. The van der Waals surface area contributed by atoms with Crippen LogP contribution >= 0.6 is 0 Å². The summed E-state index contributed by atoms with van der Waals surface area (Å²) in [4.78, 5) is 26.4. The van der Waals surface area contributed by atoms with E-state index in [1.807, 2.05) is 0 Å². The van der Waals surface area contributed by atoms with Gasteiger partial charge in [-0.25, -0.2) is 22.7 Å². The molecule has 10 heteroatoms. The van der Waals surface area contributed by atoms with Crippen LogP contribution in [0.1, 0.15) is 6.42 Å². The normalized spacial score (nSPS) is 13.4. The number of aliphatic hydroxyl groups excluding tert-OH is 1. The van der Waals surface area contributed by atoms with Crippen molar-refractivity contribution in [2.45, 2.75) is 17.4 Å². The van der Waals surface area contributed by atoms with Crippen molar-refractivity contribution in [3.05, 3.63) is 28.7 Å². The maximum absolute atomic E-state index is 12.0. The number of rotatable bonds is 6. The quantitative estimate of drug-likeness (QED) is 0.459. The number of H-pyrrole nitrogens is 2. The van der Waals surface area contributed by atoms with E-state index in [9.17, 15) is 18.0 Å². The van der Waals surface area contributed by atoms with Crippen molar-refractivity contribution in [1.29, 1.82) is 0 Å². The van der Waals surface area contributed by atoms with E-state index in [0.29, 0.717) is 11.0 Å². The molecular formula is C11H13N3O6S. The molecule has 5 N–H and O–H groups in total. The molecule has 2 rings (SSSR count). The first-order valence-corrected chi connectivity index (χ1v) is 7.40. The minimum absolute atomic E-state index is 0.0740. The number of aromatic amines is 2. The first-order chi connectivity index (χ1) is 9.79. The number of fused-ring (bicyclic) bond motifs is 1. The predicted octanol–water partition coefficient (Wildman–Crippen LogP) is -1.03. The summed E-state index contributed by atoms with van der Waals surface area (Å²) in [6.07, 6.45) is -1.88. The zero-order valence-corrected chi connectivity index (χ0v) is 11.5. The second-order valence-electron chi connectivity index (χ2n) is 4.33. The fraction of sp³-hybridized carbons (Fsp3) is 0.273. The highest BCUT2D eigenvalue weighted by Crippen LogP contribution is 2.14. The lowest BCUT2D eigenvalue weighted by Crippen LogP contribution is -2.30. The van der Waals surface area contributed by atoms with Crippen LogP contribution in [0.15, 0.2) is 27.9 Å². The van der Waals surface area contributed by atoms with Crippen molar-refractivity contribution in [3.63, 3.8) is 0 Å². The van der Waals surface area contributed by atoms with Crippen LogP contribution < -0.4 is 10.4 Å². The number of carboxylic acid groups (broad SMARTS) is 1. The van der Waals surface area contributed by atoms with Crippen molar-refractivity contribution in [1.82, 2.24) is 14.7 Å². The van der Waals surface area contributed by atoms with Gasteiger partial charge < -0.3 is 20.2 Å². The predicted molar refractivity (Wildman–Crippen MR) is 72.4 cm³/mol. The largest absolute Gasteiger partial charge is 0.479 e. The maximum atomic E-state index is 12.0. The monoisotopic (exact) mass is 315 g/mol. The van der Waals surface area contributed by atoms with Gasteiger partial charge in [-0.1, -0.05) is 0 Å². The van der Waals surface area contributed by atoms with E-state index in [0.717, 1.165) is 0 Å². The van der Waals surface area contributed by atoms with Gasteiger partial charge in [0, 0.05) is 6.54 Å². The van der Waals surface area contributed by atoms with Gasteiger partial charge in [-0.15, -0.1) is 0 Å². The molecule has 1 heterocycles. The van der Waals surface area contributed by atoms with Crippen LogP contribution in [0.2, 0.25) is 0 Å². The number of nitrogens with one attached hydrogen (secondary N) is 3. The number of aliphatic carboxylic acids is 1. The van der Waals surface area contributed by atoms with Gasteiger partial charge in [-0.3, -0.25) is 0 Å². The lowest BCUT2D eigenvalue weighted by atomic mass is 10.3. The number of hydrogen-bond donors (Lipinski definition) is 5. The molecule has 0 radical (unpaired) electrons. The highest BCUT2D eigenvalue weighted by Gasteiger charge is 2.17. The summed E-state index contributed by atoms with van der Waals surface area (Å²) >= 11 is 0. The van der Waals surface area contributed by atoms with Crippen LogP contribution in [0.4, 0.5) is 0 Å². The lowest BCUT2D eigenvalue weighted by molar-refractivity contribution is -0.146. The van der Waals surface area contributed by atoms with E-state index in [4.69, 9.17) is 10.2 Å². The van der Waals surface area contributed by atoms with Gasteiger partial charge in [0.25, 0.3) is 0 Å². The molecule has 0 fully saturated rings. The second-order valence-corrected chi connectivity index (χ2v) is 6.09. The van der Waals surface area contributed by atoms with Crippen LogP contribution in [-0.2, 0) is 14.8 Å². The number of carbonyl (C=O) groups is 1. The van der Waals surface area contributed by atoms with Gasteiger partial charge >= 0.3 is 11.7 Å². The number of sulfonamides is 1. The van der Waals surface area contributed by atoms with Crippen LogP contribution in [0.5, 0.6) is 0 Å². The average molecular weight is 315 g/mol. The molecule has 0 aliphatic carbocycles. The Morgan fingerprint density at radius 3 is 2.62 bits per heavy atom. The van der Waals surface area contributed by atoms with Crippen LogP contribution in [0.3, 0.4) is 0 Å². The summed E-state index contributed by atoms with van der Waals surface area (Å²) in [5.74, 6) is -1.42. The minimum Gasteiger partial charge on any atom is -0.479 e. The van der Waals surface area contributed by atoms with Crippen molar-refractivity contribution in [2.24, 2.45) is 0 Å². The molecular weight excluding hydrogens is 302 g/mol. The molecule has 9 nitrogen and oxygen atoms in total. The van der Waals surface area contributed by atoms with E-state index in [-0.39, 0.29) is 17.9 Å². The van der Waals surface area contributed by atoms with Gasteiger partial charge in [-0.2, -0.15) is 0 Å². The molecule has 1 unspecified atom stereocenters. The third-order valence-corrected chi connectivity index (χ3v) is 4.25. The fourth-order valence-electron chi connectivity index (χ4n) is 1.72. The SMILES string of the molecule is O=C(O)C(O)CCNS(=O)(=O)c1ccc2[nH]c(=O)[nH]c2c1. The Morgan fingerprint density at radius 1 is 1.29 bits per heavy atom. The smallest absolute Gasteiger partial charge is 0.332 e. The van der Waals surface area contributed by atoms with Gasteiger partial charge in [0.1, 0.15) is 0 Å². The molecule has 1 atom stereocenters. The summed E-state index contributed by atoms with van der Waals surface area (Å²) in [6.45, 7) is -0.225. The van der Waals surface area contributed by atoms with Gasteiger partial charge in [0.2, 0.25) is 10.0 Å². The van der Waals surface area contributed by atoms with Crippen molar-refractivity contribution in [2.75, 3.05) is 6.54 Å². The Bertz CT molecular complexity index is 822. The standard InChI is InChI=1S/C11H13N3O6S/c15-9(10(16)17)3-4-12-21(19,20)6-1-2-7-8(5-6)14-11(18)13-7/h1-2,5,9,12,15H,3-4H2,(H,16,17)(H2,13,14,18). The molecule has 0 bridgehead atoms. The molecule has 0 saturated heterocycles. The summed E-state index contributed by atoms with van der Waals surface area (Å²) in [5.41, 5.74) is 0.366. The van der Waals surface area contributed by atoms with Crippen LogP contribution in [-0.4, -0.2) is 47.2 Å². The molecule has 0 spiro atoms.